The van der Waals surface area contributed by atoms with Crippen molar-refractivity contribution in [2.45, 2.75) is 19.8 Å². The lowest BCUT2D eigenvalue weighted by Crippen LogP contribution is -2.54. The van der Waals surface area contributed by atoms with Gasteiger partial charge < -0.3 is 9.64 Å². The van der Waals surface area contributed by atoms with Crippen molar-refractivity contribution in [2.75, 3.05) is 44.2 Å². The van der Waals surface area contributed by atoms with Crippen LogP contribution in [0.4, 0.5) is 10.1 Å². The number of carbonyl (C=O) groups is 2. The first-order chi connectivity index (χ1) is 17.6. The molecule has 0 saturated carbocycles. The number of piperazine rings is 1. The Labute approximate surface area is 211 Å². The number of esters is 1. The van der Waals surface area contributed by atoms with Gasteiger partial charge in [0, 0.05) is 44.3 Å². The van der Waals surface area contributed by atoms with E-state index in [2.05, 4.69) is 34.1 Å². The minimum atomic E-state index is -0.408. The van der Waals surface area contributed by atoms with Crippen LogP contribution in [0.5, 0.6) is 0 Å². The summed E-state index contributed by atoms with van der Waals surface area (Å²) in [6, 6.07) is 17.4. The average Bonchev–Trinajstić information content (AvgIpc) is 2.91. The van der Waals surface area contributed by atoms with Crippen LogP contribution in [0, 0.1) is 5.82 Å². The highest BCUT2D eigenvalue weighted by molar-refractivity contribution is 5.74. The number of aryl methyl sites for hydroxylation is 2. The maximum absolute atomic E-state index is 14.2. The normalized spacial score (nSPS) is 13.9. The molecule has 1 aliphatic rings. The molecule has 0 unspecified atom stereocenters. The van der Waals surface area contributed by atoms with E-state index < -0.39 is 5.97 Å². The van der Waals surface area contributed by atoms with Crippen LogP contribution >= 0.6 is 0 Å². The minimum Gasteiger partial charge on any atom is -0.465 e. The number of pyridine rings is 1. The molecule has 0 bridgehead atoms. The van der Waals surface area contributed by atoms with Gasteiger partial charge in [-0.25, -0.2) is 9.40 Å². The minimum absolute atomic E-state index is 0.0681. The van der Waals surface area contributed by atoms with E-state index in [1.807, 2.05) is 23.2 Å². The molecular weight excluding hydrogens is 459 g/mol. The topological polar surface area (TPSA) is 66.0 Å². The molecule has 0 N–H and O–H groups in total. The van der Waals surface area contributed by atoms with E-state index in [0.29, 0.717) is 26.1 Å². The zero-order valence-electron chi connectivity index (χ0n) is 20.5. The quantitative estimate of drug-likeness (QED) is 0.319. The second-order valence-corrected chi connectivity index (χ2v) is 8.70. The molecule has 1 saturated heterocycles. The first kappa shape index (κ1) is 25.3. The van der Waals surface area contributed by atoms with Gasteiger partial charge in [0.05, 0.1) is 6.61 Å². The number of benzene rings is 2. The molecule has 2 heterocycles. The molecule has 0 radical (unpaired) electrons. The van der Waals surface area contributed by atoms with Gasteiger partial charge in [-0.3, -0.25) is 19.6 Å². The van der Waals surface area contributed by atoms with E-state index in [1.165, 1.54) is 10.6 Å². The van der Waals surface area contributed by atoms with Crippen LogP contribution in [-0.2, 0) is 27.2 Å². The number of hydrogen-bond acceptors (Lipinski definition) is 6. The molecule has 0 spiro atoms. The van der Waals surface area contributed by atoms with Gasteiger partial charge in [0.15, 0.2) is 0 Å². The fourth-order valence-electron chi connectivity index (χ4n) is 4.42. The van der Waals surface area contributed by atoms with Crippen LogP contribution in [0.25, 0.3) is 11.1 Å². The van der Waals surface area contributed by atoms with Crippen LogP contribution in [0.1, 0.15) is 18.1 Å². The molecule has 0 atom stereocenters. The lowest BCUT2D eigenvalue weighted by molar-refractivity contribution is -0.155. The van der Waals surface area contributed by atoms with Crippen LogP contribution in [0.2, 0.25) is 0 Å². The molecule has 1 amide bonds. The van der Waals surface area contributed by atoms with Gasteiger partial charge in [-0.1, -0.05) is 18.2 Å². The second kappa shape index (κ2) is 12.3. The van der Waals surface area contributed by atoms with Crippen LogP contribution in [0.15, 0.2) is 67.0 Å². The number of nitrogens with zero attached hydrogens (tertiary/aromatic N) is 4. The second-order valence-electron chi connectivity index (χ2n) is 8.70. The fourth-order valence-corrected chi connectivity index (χ4v) is 4.42. The third-order valence-corrected chi connectivity index (χ3v) is 6.31. The third-order valence-electron chi connectivity index (χ3n) is 6.31. The molecule has 2 aromatic carbocycles. The smallest absolute Gasteiger partial charge is 0.327 e. The predicted molar refractivity (Wildman–Crippen MR) is 137 cm³/mol. The summed E-state index contributed by atoms with van der Waals surface area (Å²) in [5, 5.41) is 3.28. The summed E-state index contributed by atoms with van der Waals surface area (Å²) in [7, 11) is 0. The molecule has 1 aliphatic heterocycles. The van der Waals surface area contributed by atoms with Crippen molar-refractivity contribution in [1.82, 2.24) is 15.0 Å². The van der Waals surface area contributed by atoms with E-state index in [1.54, 1.807) is 31.5 Å². The first-order valence-electron chi connectivity index (χ1n) is 12.2. The Kier molecular flexibility index (Phi) is 8.62. The number of hydrazine groups is 1. The van der Waals surface area contributed by atoms with Crippen molar-refractivity contribution in [3.63, 3.8) is 0 Å². The third kappa shape index (κ3) is 6.66. The predicted octanol–water partition coefficient (Wildman–Crippen LogP) is 3.73. The number of amides is 1. The lowest BCUT2D eigenvalue weighted by Gasteiger charge is -2.39. The molecule has 8 heteroatoms. The summed E-state index contributed by atoms with van der Waals surface area (Å²) in [6.45, 7) is 4.74. The molecule has 0 aliphatic carbocycles. The highest BCUT2D eigenvalue weighted by atomic mass is 19.1. The van der Waals surface area contributed by atoms with Gasteiger partial charge in [-0.15, -0.1) is 0 Å². The number of hydrogen-bond donors (Lipinski definition) is 0. The molecule has 1 fully saturated rings. The summed E-state index contributed by atoms with van der Waals surface area (Å²) in [5.74, 6) is -0.640. The van der Waals surface area contributed by atoms with Gasteiger partial charge in [0.25, 0.3) is 0 Å². The van der Waals surface area contributed by atoms with Gasteiger partial charge >= 0.3 is 5.97 Å². The van der Waals surface area contributed by atoms with Crippen molar-refractivity contribution in [3.05, 3.63) is 83.9 Å². The van der Waals surface area contributed by atoms with Crippen molar-refractivity contribution in [3.8, 4) is 11.1 Å². The highest BCUT2D eigenvalue weighted by Crippen LogP contribution is 2.23. The highest BCUT2D eigenvalue weighted by Gasteiger charge is 2.23. The first-order valence-corrected chi connectivity index (χ1v) is 12.2. The Morgan fingerprint density at radius 2 is 1.67 bits per heavy atom. The summed E-state index contributed by atoms with van der Waals surface area (Å²) in [4.78, 5) is 29.5. The van der Waals surface area contributed by atoms with E-state index in [4.69, 9.17) is 4.74 Å². The number of ether oxygens (including phenoxy) is 1. The SMILES string of the molecule is CCOC(=O)CN(C=O)N1CCN(c2ccc(CCc3cc(F)cc(-c4ccncc4)c3)cc2)CC1. The summed E-state index contributed by atoms with van der Waals surface area (Å²) >= 11 is 0. The van der Waals surface area contributed by atoms with Crippen molar-refractivity contribution in [1.29, 1.82) is 0 Å². The molecule has 1 aromatic heterocycles. The Bertz CT molecular complexity index is 1150. The fraction of sp³-hybridized carbons (Fsp3) is 0.321. The standard InChI is InChI=1S/C28H31FN4O3/c1-2-36-28(35)20-33(21-34)32-15-13-31(14-16-32)27-7-5-22(6-8-27)3-4-23-17-25(19-26(29)18-23)24-9-11-30-12-10-24/h5-12,17-19,21H,2-4,13-16,20H2,1H3. The summed E-state index contributed by atoms with van der Waals surface area (Å²) < 4.78 is 19.2. The van der Waals surface area contributed by atoms with E-state index in [0.717, 1.165) is 48.3 Å². The summed E-state index contributed by atoms with van der Waals surface area (Å²) in [5.41, 5.74) is 5.08. The Morgan fingerprint density at radius 1 is 0.972 bits per heavy atom. The van der Waals surface area contributed by atoms with Gasteiger partial charge in [0.2, 0.25) is 6.41 Å². The average molecular weight is 491 g/mol. The molecule has 3 aromatic rings. The maximum atomic E-state index is 14.2. The monoisotopic (exact) mass is 490 g/mol. The van der Waals surface area contributed by atoms with Crippen molar-refractivity contribution in [2.24, 2.45) is 0 Å². The zero-order chi connectivity index (χ0) is 25.3. The number of rotatable bonds is 10. The summed E-state index contributed by atoms with van der Waals surface area (Å²) in [6.07, 6.45) is 5.66. The van der Waals surface area contributed by atoms with Crippen molar-refractivity contribution < 1.29 is 18.7 Å². The van der Waals surface area contributed by atoms with Crippen LogP contribution < -0.4 is 4.90 Å². The van der Waals surface area contributed by atoms with Crippen LogP contribution in [0.3, 0.4) is 0 Å². The van der Waals surface area contributed by atoms with E-state index in [9.17, 15) is 14.0 Å². The van der Waals surface area contributed by atoms with Gasteiger partial charge in [0.1, 0.15) is 12.4 Å². The Hall–Kier alpha value is -3.78. The Balaban J connectivity index is 1.31. The van der Waals surface area contributed by atoms with Crippen LogP contribution in [-0.4, -0.2) is 66.7 Å². The maximum Gasteiger partial charge on any atom is 0.327 e. The zero-order valence-corrected chi connectivity index (χ0v) is 20.5. The molecule has 4 rings (SSSR count). The van der Waals surface area contributed by atoms with Crippen molar-refractivity contribution >= 4 is 18.1 Å². The molecule has 7 nitrogen and oxygen atoms in total. The van der Waals surface area contributed by atoms with E-state index in [-0.39, 0.29) is 12.4 Å². The lowest BCUT2D eigenvalue weighted by atomic mass is 9.99. The largest absolute Gasteiger partial charge is 0.465 e. The number of halogens is 1. The van der Waals surface area contributed by atoms with Gasteiger partial charge in [-0.05, 0) is 78.4 Å². The number of aromatic nitrogens is 1. The molecule has 188 valence electrons. The Morgan fingerprint density at radius 3 is 2.33 bits per heavy atom. The van der Waals surface area contributed by atoms with Gasteiger partial charge in [-0.2, -0.15) is 0 Å². The molecule has 36 heavy (non-hydrogen) atoms. The molecular formula is C28H31FN4O3. The number of carbonyl (C=O) groups excluding carboxylic acids is 2. The number of anilines is 1. The van der Waals surface area contributed by atoms with E-state index >= 15 is 0 Å².